The van der Waals surface area contributed by atoms with Crippen molar-refractivity contribution in [2.45, 2.75) is 11.1 Å². The number of thiophene rings is 1. The van der Waals surface area contributed by atoms with Crippen LogP contribution in [0.25, 0.3) is 0 Å². The van der Waals surface area contributed by atoms with Gasteiger partial charge in [-0.05, 0) is 19.1 Å². The summed E-state index contributed by atoms with van der Waals surface area (Å²) in [5.74, 6) is 0. The molecule has 4 nitrogen and oxygen atoms in total. The van der Waals surface area contributed by atoms with Gasteiger partial charge in [0.25, 0.3) is 10.0 Å². The van der Waals surface area contributed by atoms with Crippen LogP contribution in [0, 0.1) is 6.92 Å². The SMILES string of the molecule is Cc1ccc(S(=O)(=O)N(C)CC=O)s1. The lowest BCUT2D eigenvalue weighted by atomic mass is 10.5. The molecule has 0 bridgehead atoms. The summed E-state index contributed by atoms with van der Waals surface area (Å²) in [6.07, 6.45) is 0.567. The summed E-state index contributed by atoms with van der Waals surface area (Å²) in [5, 5.41) is 0. The van der Waals surface area contributed by atoms with Crippen molar-refractivity contribution < 1.29 is 13.2 Å². The maximum atomic E-state index is 11.7. The Kier molecular flexibility index (Phi) is 3.41. The predicted molar refractivity (Wildman–Crippen MR) is 54.9 cm³/mol. The van der Waals surface area contributed by atoms with E-state index in [1.54, 1.807) is 12.1 Å². The van der Waals surface area contributed by atoms with Crippen LogP contribution >= 0.6 is 11.3 Å². The Bertz CT molecular complexity index is 422. The van der Waals surface area contributed by atoms with Crippen LogP contribution in [0.1, 0.15) is 4.88 Å². The third kappa shape index (κ3) is 2.20. The van der Waals surface area contributed by atoms with E-state index >= 15 is 0 Å². The Hall–Kier alpha value is -0.720. The van der Waals surface area contributed by atoms with Crippen molar-refractivity contribution in [1.29, 1.82) is 0 Å². The summed E-state index contributed by atoms with van der Waals surface area (Å²) in [6.45, 7) is 1.72. The molecule has 0 radical (unpaired) electrons. The topological polar surface area (TPSA) is 54.5 Å². The average molecular weight is 233 g/mol. The van der Waals surface area contributed by atoms with E-state index in [1.165, 1.54) is 18.4 Å². The van der Waals surface area contributed by atoms with E-state index in [9.17, 15) is 13.2 Å². The molecule has 1 heterocycles. The Labute approximate surface area is 87.2 Å². The number of hydrogen-bond acceptors (Lipinski definition) is 4. The average Bonchev–Trinajstić information content (AvgIpc) is 2.52. The molecule has 0 unspecified atom stereocenters. The van der Waals surface area contributed by atoms with Crippen molar-refractivity contribution in [2.24, 2.45) is 0 Å². The number of hydrogen-bond donors (Lipinski definition) is 0. The first-order chi connectivity index (χ1) is 6.48. The molecule has 0 amide bonds. The number of sulfonamides is 1. The van der Waals surface area contributed by atoms with Crippen LogP contribution < -0.4 is 0 Å². The van der Waals surface area contributed by atoms with Crippen LogP contribution in [0.4, 0.5) is 0 Å². The number of rotatable bonds is 4. The zero-order valence-corrected chi connectivity index (χ0v) is 9.56. The monoisotopic (exact) mass is 233 g/mol. The molecule has 1 aromatic rings. The molecular formula is C8H11NO3S2. The van der Waals surface area contributed by atoms with Crippen molar-refractivity contribution in [3.8, 4) is 0 Å². The molecular weight excluding hydrogens is 222 g/mol. The summed E-state index contributed by atoms with van der Waals surface area (Å²) >= 11 is 1.20. The first kappa shape index (κ1) is 11.4. The minimum Gasteiger partial charge on any atom is -0.302 e. The van der Waals surface area contributed by atoms with Gasteiger partial charge in [-0.3, -0.25) is 0 Å². The smallest absolute Gasteiger partial charge is 0.252 e. The summed E-state index contributed by atoms with van der Waals surface area (Å²) in [4.78, 5) is 11.1. The van der Waals surface area contributed by atoms with Crippen molar-refractivity contribution in [3.05, 3.63) is 17.0 Å². The molecule has 0 saturated heterocycles. The lowest BCUT2D eigenvalue weighted by Crippen LogP contribution is -2.27. The lowest BCUT2D eigenvalue weighted by molar-refractivity contribution is -0.107. The van der Waals surface area contributed by atoms with Gasteiger partial charge in [-0.25, -0.2) is 8.42 Å². The minimum absolute atomic E-state index is 0.112. The van der Waals surface area contributed by atoms with E-state index in [4.69, 9.17) is 0 Å². The standard InChI is InChI=1S/C8H11NO3S2/c1-7-3-4-8(13-7)14(11,12)9(2)5-6-10/h3-4,6H,5H2,1-2H3. The van der Waals surface area contributed by atoms with Gasteiger partial charge in [-0.15, -0.1) is 11.3 Å². The van der Waals surface area contributed by atoms with Crippen LogP contribution in [0.15, 0.2) is 16.3 Å². The van der Waals surface area contributed by atoms with Gasteiger partial charge in [0.15, 0.2) is 0 Å². The van der Waals surface area contributed by atoms with Crippen LogP contribution in [0.2, 0.25) is 0 Å². The Morgan fingerprint density at radius 2 is 2.14 bits per heavy atom. The fraction of sp³-hybridized carbons (Fsp3) is 0.375. The Morgan fingerprint density at radius 3 is 2.57 bits per heavy atom. The highest BCUT2D eigenvalue weighted by Gasteiger charge is 2.21. The van der Waals surface area contributed by atoms with Gasteiger partial charge in [0.05, 0.1) is 6.54 Å². The molecule has 78 valence electrons. The zero-order chi connectivity index (χ0) is 10.8. The van der Waals surface area contributed by atoms with Gasteiger partial charge in [-0.1, -0.05) is 0 Å². The van der Waals surface area contributed by atoms with Crippen LogP contribution in [0.3, 0.4) is 0 Å². The number of aldehydes is 1. The molecule has 0 atom stereocenters. The van der Waals surface area contributed by atoms with Crippen molar-refractivity contribution in [1.82, 2.24) is 4.31 Å². The van der Waals surface area contributed by atoms with Gasteiger partial charge in [0.2, 0.25) is 0 Å². The van der Waals surface area contributed by atoms with Crippen LogP contribution in [-0.2, 0) is 14.8 Å². The maximum Gasteiger partial charge on any atom is 0.252 e. The van der Waals surface area contributed by atoms with Crippen LogP contribution in [0.5, 0.6) is 0 Å². The van der Waals surface area contributed by atoms with E-state index in [1.807, 2.05) is 6.92 Å². The second-order valence-electron chi connectivity index (χ2n) is 2.82. The van der Waals surface area contributed by atoms with Gasteiger partial charge in [0, 0.05) is 11.9 Å². The number of likely N-dealkylation sites (N-methyl/N-ethyl adjacent to an activating group) is 1. The van der Waals surface area contributed by atoms with Gasteiger partial charge >= 0.3 is 0 Å². The highest BCUT2D eigenvalue weighted by Crippen LogP contribution is 2.22. The number of carbonyl (C=O) groups is 1. The highest BCUT2D eigenvalue weighted by atomic mass is 32.2. The van der Waals surface area contributed by atoms with Gasteiger partial charge in [0.1, 0.15) is 10.5 Å². The van der Waals surface area contributed by atoms with E-state index in [2.05, 4.69) is 0 Å². The first-order valence-electron chi connectivity index (χ1n) is 3.95. The first-order valence-corrected chi connectivity index (χ1v) is 6.20. The molecule has 0 aliphatic carbocycles. The summed E-state index contributed by atoms with van der Waals surface area (Å²) in [5.41, 5.74) is 0. The Morgan fingerprint density at radius 1 is 1.50 bits per heavy atom. The number of carbonyl (C=O) groups excluding carboxylic acids is 1. The Balaban J connectivity index is 3.02. The molecule has 0 aliphatic heterocycles. The maximum absolute atomic E-state index is 11.7. The highest BCUT2D eigenvalue weighted by molar-refractivity contribution is 7.91. The molecule has 6 heteroatoms. The molecule has 0 fully saturated rings. The minimum atomic E-state index is -3.46. The summed E-state index contributed by atoms with van der Waals surface area (Å²) < 4.78 is 24.7. The van der Waals surface area contributed by atoms with Crippen molar-refractivity contribution in [2.75, 3.05) is 13.6 Å². The number of aryl methyl sites for hydroxylation is 1. The van der Waals surface area contributed by atoms with E-state index in [-0.39, 0.29) is 10.8 Å². The van der Waals surface area contributed by atoms with E-state index in [0.29, 0.717) is 6.29 Å². The molecule has 1 rings (SSSR count). The third-order valence-corrected chi connectivity index (χ3v) is 5.00. The van der Waals surface area contributed by atoms with E-state index in [0.717, 1.165) is 9.18 Å². The lowest BCUT2D eigenvalue weighted by Gasteiger charge is -2.11. The second-order valence-corrected chi connectivity index (χ2v) is 6.38. The number of nitrogens with zero attached hydrogens (tertiary/aromatic N) is 1. The quantitative estimate of drug-likeness (QED) is 0.725. The molecule has 0 aliphatic rings. The normalized spacial score (nSPS) is 11.9. The fourth-order valence-corrected chi connectivity index (χ4v) is 3.50. The molecule has 0 N–H and O–H groups in total. The molecule has 1 aromatic heterocycles. The van der Waals surface area contributed by atoms with Crippen molar-refractivity contribution in [3.63, 3.8) is 0 Å². The second kappa shape index (κ2) is 4.20. The summed E-state index contributed by atoms with van der Waals surface area (Å²) in [6, 6.07) is 3.29. The molecule has 0 saturated carbocycles. The third-order valence-electron chi connectivity index (χ3n) is 1.71. The van der Waals surface area contributed by atoms with Crippen LogP contribution in [-0.4, -0.2) is 32.6 Å². The molecule has 14 heavy (non-hydrogen) atoms. The van der Waals surface area contributed by atoms with E-state index < -0.39 is 10.0 Å². The summed E-state index contributed by atoms with van der Waals surface area (Å²) in [7, 11) is -2.07. The van der Waals surface area contributed by atoms with Gasteiger partial charge < -0.3 is 4.79 Å². The molecule has 0 aromatic carbocycles. The zero-order valence-electron chi connectivity index (χ0n) is 7.93. The fourth-order valence-electron chi connectivity index (χ4n) is 0.907. The van der Waals surface area contributed by atoms with Crippen molar-refractivity contribution >= 4 is 27.6 Å². The van der Waals surface area contributed by atoms with Gasteiger partial charge in [-0.2, -0.15) is 4.31 Å². The predicted octanol–water partition coefficient (Wildman–Crippen LogP) is 0.876. The molecule has 0 spiro atoms. The largest absolute Gasteiger partial charge is 0.302 e.